The zero-order valence-electron chi connectivity index (χ0n) is 13.9. The first-order chi connectivity index (χ1) is 11.7. The van der Waals surface area contributed by atoms with Crippen LogP contribution in [-0.2, 0) is 17.8 Å². The Balaban J connectivity index is 1.65. The van der Waals surface area contributed by atoms with Crippen molar-refractivity contribution >= 4 is 22.4 Å². The Bertz CT molecular complexity index is 871. The molecular weight excluding hydrogens is 296 g/mol. The summed E-state index contributed by atoms with van der Waals surface area (Å²) in [5.41, 5.74) is 9.94. The van der Waals surface area contributed by atoms with E-state index in [2.05, 4.69) is 41.7 Å². The standard InChI is InChI=1S/C21H22N2O/c1-15-4-2-3-5-20(15)23-21(24)11-8-16-6-9-19-13-17(14-22)7-10-18(19)12-16/h2-7,9-10,12-13H,8,11,14,22H2,1H3,(H,23,24). The van der Waals surface area contributed by atoms with Crippen molar-refractivity contribution < 1.29 is 4.79 Å². The molecule has 1 amide bonds. The quantitative estimate of drug-likeness (QED) is 0.741. The van der Waals surface area contributed by atoms with Crippen molar-refractivity contribution in [2.24, 2.45) is 5.73 Å². The molecule has 0 aliphatic heterocycles. The van der Waals surface area contributed by atoms with Crippen molar-refractivity contribution in [2.45, 2.75) is 26.3 Å². The number of carbonyl (C=O) groups excluding carboxylic acids is 1. The van der Waals surface area contributed by atoms with Crippen LogP contribution < -0.4 is 11.1 Å². The first-order valence-corrected chi connectivity index (χ1v) is 8.23. The van der Waals surface area contributed by atoms with Gasteiger partial charge in [0.2, 0.25) is 5.91 Å². The summed E-state index contributed by atoms with van der Waals surface area (Å²) in [6.07, 6.45) is 1.20. The lowest BCUT2D eigenvalue weighted by Crippen LogP contribution is -2.13. The van der Waals surface area contributed by atoms with Crippen LogP contribution in [0.3, 0.4) is 0 Å². The maximum absolute atomic E-state index is 12.2. The van der Waals surface area contributed by atoms with Crippen molar-refractivity contribution in [3.05, 3.63) is 77.4 Å². The Hall–Kier alpha value is -2.65. The number of benzene rings is 3. The van der Waals surface area contributed by atoms with E-state index in [1.807, 2.05) is 31.2 Å². The number of fused-ring (bicyclic) bond motifs is 1. The lowest BCUT2D eigenvalue weighted by molar-refractivity contribution is -0.116. The van der Waals surface area contributed by atoms with Crippen LogP contribution in [0.5, 0.6) is 0 Å². The molecule has 0 unspecified atom stereocenters. The minimum atomic E-state index is 0.0443. The summed E-state index contributed by atoms with van der Waals surface area (Å²) in [6, 6.07) is 20.4. The smallest absolute Gasteiger partial charge is 0.224 e. The van der Waals surface area contributed by atoms with Gasteiger partial charge in [-0.2, -0.15) is 0 Å². The second kappa shape index (κ2) is 7.28. The van der Waals surface area contributed by atoms with Crippen LogP contribution in [0.25, 0.3) is 10.8 Å². The fourth-order valence-electron chi connectivity index (χ4n) is 2.81. The van der Waals surface area contributed by atoms with E-state index in [9.17, 15) is 4.79 Å². The van der Waals surface area contributed by atoms with E-state index >= 15 is 0 Å². The van der Waals surface area contributed by atoms with E-state index in [1.165, 1.54) is 16.3 Å². The summed E-state index contributed by atoms with van der Waals surface area (Å²) in [4.78, 5) is 12.2. The predicted octanol–water partition coefficient (Wildman–Crippen LogP) is 4.18. The van der Waals surface area contributed by atoms with Crippen molar-refractivity contribution in [1.82, 2.24) is 0 Å². The van der Waals surface area contributed by atoms with Crippen molar-refractivity contribution in [1.29, 1.82) is 0 Å². The minimum Gasteiger partial charge on any atom is -0.326 e. The van der Waals surface area contributed by atoms with Crippen LogP contribution in [0.2, 0.25) is 0 Å². The number of rotatable bonds is 5. The van der Waals surface area contributed by atoms with Crippen molar-refractivity contribution in [3.63, 3.8) is 0 Å². The molecule has 3 nitrogen and oxygen atoms in total. The van der Waals surface area contributed by atoms with Gasteiger partial charge in [-0.15, -0.1) is 0 Å². The number of para-hydroxylation sites is 1. The molecule has 3 rings (SSSR count). The van der Waals surface area contributed by atoms with Gasteiger partial charge in [-0.25, -0.2) is 0 Å². The molecule has 0 bridgehead atoms. The largest absolute Gasteiger partial charge is 0.326 e. The van der Waals surface area contributed by atoms with Gasteiger partial charge < -0.3 is 11.1 Å². The van der Waals surface area contributed by atoms with Gasteiger partial charge in [0.1, 0.15) is 0 Å². The third kappa shape index (κ3) is 3.81. The van der Waals surface area contributed by atoms with Gasteiger partial charge in [0.15, 0.2) is 0 Å². The molecule has 3 aromatic rings. The van der Waals surface area contributed by atoms with Crippen LogP contribution in [0.1, 0.15) is 23.1 Å². The fraction of sp³-hybridized carbons (Fsp3) is 0.190. The van der Waals surface area contributed by atoms with Crippen LogP contribution in [0, 0.1) is 6.92 Å². The Labute approximate surface area is 142 Å². The molecule has 0 heterocycles. The normalized spacial score (nSPS) is 10.8. The summed E-state index contributed by atoms with van der Waals surface area (Å²) < 4.78 is 0. The Morgan fingerprint density at radius 2 is 1.62 bits per heavy atom. The second-order valence-corrected chi connectivity index (χ2v) is 6.08. The molecule has 0 radical (unpaired) electrons. The number of aryl methyl sites for hydroxylation is 2. The molecule has 0 aromatic heterocycles. The molecule has 24 heavy (non-hydrogen) atoms. The highest BCUT2D eigenvalue weighted by molar-refractivity contribution is 5.91. The van der Waals surface area contributed by atoms with E-state index in [-0.39, 0.29) is 5.91 Å². The van der Waals surface area contributed by atoms with E-state index in [1.54, 1.807) is 0 Å². The van der Waals surface area contributed by atoms with Gasteiger partial charge in [-0.3, -0.25) is 4.79 Å². The molecule has 0 aliphatic carbocycles. The molecular formula is C21H22N2O. The molecule has 0 fully saturated rings. The average Bonchev–Trinajstić information content (AvgIpc) is 2.61. The van der Waals surface area contributed by atoms with Crippen LogP contribution in [-0.4, -0.2) is 5.91 Å². The Morgan fingerprint density at radius 1 is 0.958 bits per heavy atom. The lowest BCUT2D eigenvalue weighted by Gasteiger charge is -2.09. The summed E-state index contributed by atoms with van der Waals surface area (Å²) in [5, 5.41) is 5.35. The Kier molecular flexibility index (Phi) is 4.92. The minimum absolute atomic E-state index is 0.0443. The molecule has 0 spiro atoms. The molecule has 0 aliphatic rings. The van der Waals surface area contributed by atoms with E-state index in [0.717, 1.165) is 23.2 Å². The highest BCUT2D eigenvalue weighted by Crippen LogP contribution is 2.19. The third-order valence-electron chi connectivity index (χ3n) is 4.26. The van der Waals surface area contributed by atoms with Gasteiger partial charge in [-0.1, -0.05) is 48.5 Å². The van der Waals surface area contributed by atoms with Crippen LogP contribution in [0.15, 0.2) is 60.7 Å². The molecule has 0 saturated heterocycles. The highest BCUT2D eigenvalue weighted by atomic mass is 16.1. The number of carbonyl (C=O) groups is 1. The number of amides is 1. The summed E-state index contributed by atoms with van der Waals surface area (Å²) in [5.74, 6) is 0.0443. The first kappa shape index (κ1) is 16.2. The topological polar surface area (TPSA) is 55.1 Å². The molecule has 122 valence electrons. The number of hydrogen-bond donors (Lipinski definition) is 2. The monoisotopic (exact) mass is 318 g/mol. The van der Waals surface area contributed by atoms with E-state index < -0.39 is 0 Å². The molecule has 0 saturated carbocycles. The number of nitrogens with two attached hydrogens (primary N) is 1. The number of hydrogen-bond acceptors (Lipinski definition) is 2. The maximum Gasteiger partial charge on any atom is 0.224 e. The van der Waals surface area contributed by atoms with Gasteiger partial charge in [0.25, 0.3) is 0 Å². The molecule has 3 N–H and O–H groups in total. The van der Waals surface area contributed by atoms with Crippen molar-refractivity contribution in [2.75, 3.05) is 5.32 Å². The maximum atomic E-state index is 12.2. The van der Waals surface area contributed by atoms with Gasteiger partial charge in [0, 0.05) is 18.7 Å². The van der Waals surface area contributed by atoms with Gasteiger partial charge in [-0.05, 0) is 52.9 Å². The first-order valence-electron chi connectivity index (χ1n) is 8.23. The zero-order chi connectivity index (χ0) is 16.9. The van der Waals surface area contributed by atoms with Crippen molar-refractivity contribution in [3.8, 4) is 0 Å². The van der Waals surface area contributed by atoms with E-state index in [0.29, 0.717) is 13.0 Å². The number of nitrogens with one attached hydrogen (secondary N) is 1. The second-order valence-electron chi connectivity index (χ2n) is 6.08. The summed E-state index contributed by atoms with van der Waals surface area (Å²) >= 11 is 0. The third-order valence-corrected chi connectivity index (χ3v) is 4.26. The molecule has 3 aromatic carbocycles. The SMILES string of the molecule is Cc1ccccc1NC(=O)CCc1ccc2cc(CN)ccc2c1. The number of anilines is 1. The Morgan fingerprint density at radius 3 is 2.33 bits per heavy atom. The van der Waals surface area contributed by atoms with Gasteiger partial charge in [0.05, 0.1) is 0 Å². The fourth-order valence-corrected chi connectivity index (χ4v) is 2.81. The average molecular weight is 318 g/mol. The molecule has 0 atom stereocenters. The van der Waals surface area contributed by atoms with Crippen LogP contribution >= 0.6 is 0 Å². The summed E-state index contributed by atoms with van der Waals surface area (Å²) in [6.45, 7) is 2.55. The molecule has 3 heteroatoms. The lowest BCUT2D eigenvalue weighted by atomic mass is 10.0. The van der Waals surface area contributed by atoms with Crippen LogP contribution in [0.4, 0.5) is 5.69 Å². The predicted molar refractivity (Wildman–Crippen MR) is 100.0 cm³/mol. The van der Waals surface area contributed by atoms with E-state index in [4.69, 9.17) is 5.73 Å². The zero-order valence-corrected chi connectivity index (χ0v) is 13.9. The summed E-state index contributed by atoms with van der Waals surface area (Å²) in [7, 11) is 0. The van der Waals surface area contributed by atoms with Gasteiger partial charge >= 0.3 is 0 Å². The highest BCUT2D eigenvalue weighted by Gasteiger charge is 2.05.